The van der Waals surface area contributed by atoms with Gasteiger partial charge in [0.25, 0.3) is 0 Å². The average Bonchev–Trinajstić information content (AvgIpc) is 2.84. The van der Waals surface area contributed by atoms with E-state index in [4.69, 9.17) is 5.11 Å². The van der Waals surface area contributed by atoms with Crippen molar-refractivity contribution in [3.8, 4) is 0 Å². The zero-order chi connectivity index (χ0) is 15.3. The molecule has 112 valence electrons. The molecular weight excluding hydrogens is 306 g/mol. The number of sulfonamides is 1. The second kappa shape index (κ2) is 6.82. The number of carboxylic acid groups (broad SMARTS) is 1. The van der Waals surface area contributed by atoms with Crippen LogP contribution in [0.5, 0.6) is 0 Å². The van der Waals surface area contributed by atoms with Gasteiger partial charge in [-0.25, -0.2) is 17.9 Å². The van der Waals surface area contributed by atoms with Gasteiger partial charge in [-0.05, 0) is 17.4 Å². The Hall–Kier alpha value is -1.45. The highest BCUT2D eigenvalue weighted by Crippen LogP contribution is 2.22. The van der Waals surface area contributed by atoms with E-state index in [9.17, 15) is 18.0 Å². The number of carbonyl (C=O) groups excluding carboxylic acids is 1. The fourth-order valence-electron chi connectivity index (χ4n) is 1.45. The van der Waals surface area contributed by atoms with Crippen molar-refractivity contribution in [2.24, 2.45) is 5.92 Å². The standard InChI is InChI=1S/C11H15NO6S2/c1-7(5-9(13)14)6-12-20(16,17)8-3-4-19-10(8)11(15)18-2/h3-4,7,12H,5-6H2,1-2H3,(H,13,14). The predicted molar refractivity (Wildman–Crippen MR) is 72.3 cm³/mol. The van der Waals surface area contributed by atoms with Gasteiger partial charge in [0.2, 0.25) is 10.0 Å². The fourth-order valence-corrected chi connectivity index (χ4v) is 3.95. The van der Waals surface area contributed by atoms with Crippen molar-refractivity contribution in [3.05, 3.63) is 16.3 Å². The van der Waals surface area contributed by atoms with Crippen LogP contribution in [0.4, 0.5) is 0 Å². The van der Waals surface area contributed by atoms with Crippen LogP contribution < -0.4 is 4.72 Å². The van der Waals surface area contributed by atoms with Gasteiger partial charge < -0.3 is 9.84 Å². The highest BCUT2D eigenvalue weighted by atomic mass is 32.2. The third-order valence-corrected chi connectivity index (χ3v) is 4.92. The molecule has 1 aromatic heterocycles. The van der Waals surface area contributed by atoms with Crippen LogP contribution in [0.2, 0.25) is 0 Å². The van der Waals surface area contributed by atoms with Crippen molar-refractivity contribution in [3.63, 3.8) is 0 Å². The minimum absolute atomic E-state index is 0.00844. The van der Waals surface area contributed by atoms with E-state index >= 15 is 0 Å². The molecular formula is C11H15NO6S2. The fraction of sp³-hybridized carbons (Fsp3) is 0.455. The summed E-state index contributed by atoms with van der Waals surface area (Å²) >= 11 is 0.966. The van der Waals surface area contributed by atoms with Crippen LogP contribution in [0, 0.1) is 5.92 Å². The number of hydrogen-bond acceptors (Lipinski definition) is 6. The van der Waals surface area contributed by atoms with Crippen LogP contribution >= 0.6 is 11.3 Å². The molecule has 1 heterocycles. The highest BCUT2D eigenvalue weighted by molar-refractivity contribution is 7.89. The second-order valence-electron chi connectivity index (χ2n) is 4.16. The molecule has 0 amide bonds. The molecule has 1 aromatic rings. The van der Waals surface area contributed by atoms with Gasteiger partial charge in [-0.3, -0.25) is 4.79 Å². The molecule has 1 unspecified atom stereocenters. The van der Waals surface area contributed by atoms with Gasteiger partial charge in [0.1, 0.15) is 9.77 Å². The van der Waals surface area contributed by atoms with Gasteiger partial charge in [-0.2, -0.15) is 0 Å². The van der Waals surface area contributed by atoms with Crippen molar-refractivity contribution in [2.45, 2.75) is 18.2 Å². The van der Waals surface area contributed by atoms with Gasteiger partial charge in [0.15, 0.2) is 0 Å². The van der Waals surface area contributed by atoms with E-state index in [0.717, 1.165) is 11.3 Å². The first kappa shape index (κ1) is 16.6. The van der Waals surface area contributed by atoms with Gasteiger partial charge in [0, 0.05) is 13.0 Å². The molecule has 0 aliphatic carbocycles. The van der Waals surface area contributed by atoms with Crippen molar-refractivity contribution in [1.29, 1.82) is 0 Å². The summed E-state index contributed by atoms with van der Waals surface area (Å²) in [6.07, 6.45) is -0.143. The van der Waals surface area contributed by atoms with E-state index in [1.165, 1.54) is 18.6 Å². The van der Waals surface area contributed by atoms with Crippen molar-refractivity contribution in [2.75, 3.05) is 13.7 Å². The number of esters is 1. The Morgan fingerprint density at radius 3 is 2.70 bits per heavy atom. The first-order valence-electron chi connectivity index (χ1n) is 5.65. The quantitative estimate of drug-likeness (QED) is 0.723. The summed E-state index contributed by atoms with van der Waals surface area (Å²) in [6, 6.07) is 1.31. The minimum Gasteiger partial charge on any atom is -0.481 e. The van der Waals surface area contributed by atoms with Gasteiger partial charge in [-0.15, -0.1) is 11.3 Å². The number of ether oxygens (including phenoxy) is 1. The molecule has 1 atom stereocenters. The maximum Gasteiger partial charge on any atom is 0.349 e. The van der Waals surface area contributed by atoms with Gasteiger partial charge in [-0.1, -0.05) is 6.92 Å². The normalized spacial score (nSPS) is 12.9. The SMILES string of the molecule is COC(=O)c1sccc1S(=O)(=O)NCC(C)CC(=O)O. The molecule has 0 aliphatic rings. The Labute approximate surface area is 120 Å². The summed E-state index contributed by atoms with van der Waals surface area (Å²) in [5.74, 6) is -2.08. The Bertz CT molecular complexity index is 592. The largest absolute Gasteiger partial charge is 0.481 e. The third kappa shape index (κ3) is 4.29. The number of carboxylic acids is 1. The molecule has 0 fully saturated rings. The molecule has 0 spiro atoms. The molecule has 20 heavy (non-hydrogen) atoms. The molecule has 0 radical (unpaired) electrons. The molecule has 0 saturated heterocycles. The Balaban J connectivity index is 2.82. The van der Waals surface area contributed by atoms with E-state index in [-0.39, 0.29) is 28.7 Å². The summed E-state index contributed by atoms with van der Waals surface area (Å²) in [5, 5.41) is 10.1. The van der Waals surface area contributed by atoms with Crippen LogP contribution in [0.25, 0.3) is 0 Å². The molecule has 2 N–H and O–H groups in total. The van der Waals surface area contributed by atoms with E-state index in [0.29, 0.717) is 0 Å². The molecule has 9 heteroatoms. The Kier molecular flexibility index (Phi) is 5.66. The zero-order valence-corrected chi connectivity index (χ0v) is 12.6. The van der Waals surface area contributed by atoms with E-state index in [1.54, 1.807) is 6.92 Å². The van der Waals surface area contributed by atoms with Crippen molar-refractivity contribution in [1.82, 2.24) is 4.72 Å². The van der Waals surface area contributed by atoms with Crippen molar-refractivity contribution >= 4 is 33.3 Å². The summed E-state index contributed by atoms with van der Waals surface area (Å²) in [6.45, 7) is 1.59. The first-order chi connectivity index (χ1) is 9.27. The topological polar surface area (TPSA) is 110 Å². The third-order valence-electron chi connectivity index (χ3n) is 2.43. The lowest BCUT2D eigenvalue weighted by molar-refractivity contribution is -0.137. The van der Waals surface area contributed by atoms with Crippen LogP contribution in [0.1, 0.15) is 23.0 Å². The minimum atomic E-state index is -3.87. The van der Waals surface area contributed by atoms with E-state index < -0.39 is 22.0 Å². The first-order valence-corrected chi connectivity index (χ1v) is 8.01. The van der Waals surface area contributed by atoms with Gasteiger partial charge >= 0.3 is 11.9 Å². The molecule has 7 nitrogen and oxygen atoms in total. The molecule has 0 bridgehead atoms. The Morgan fingerprint density at radius 2 is 2.15 bits per heavy atom. The molecule has 0 saturated carbocycles. The lowest BCUT2D eigenvalue weighted by atomic mass is 10.1. The molecule has 1 rings (SSSR count). The van der Waals surface area contributed by atoms with Gasteiger partial charge in [0.05, 0.1) is 7.11 Å². The number of rotatable bonds is 7. The highest BCUT2D eigenvalue weighted by Gasteiger charge is 2.25. The average molecular weight is 321 g/mol. The number of carbonyl (C=O) groups is 2. The predicted octanol–water partition coefficient (Wildman–Crippen LogP) is 0.924. The Morgan fingerprint density at radius 1 is 1.50 bits per heavy atom. The second-order valence-corrected chi connectivity index (χ2v) is 6.81. The monoisotopic (exact) mass is 321 g/mol. The number of aliphatic carboxylic acids is 1. The van der Waals surface area contributed by atoms with Crippen molar-refractivity contribution < 1.29 is 27.9 Å². The number of nitrogens with one attached hydrogen (secondary N) is 1. The molecule has 0 aliphatic heterocycles. The lowest BCUT2D eigenvalue weighted by Gasteiger charge is -2.11. The van der Waals surface area contributed by atoms with E-state index in [1.807, 2.05) is 0 Å². The summed E-state index contributed by atoms with van der Waals surface area (Å²) in [4.78, 5) is 21.8. The lowest BCUT2D eigenvalue weighted by Crippen LogP contribution is -2.30. The van der Waals surface area contributed by atoms with E-state index in [2.05, 4.69) is 9.46 Å². The summed E-state index contributed by atoms with van der Waals surface area (Å²) < 4.78 is 30.9. The summed E-state index contributed by atoms with van der Waals surface area (Å²) in [5.41, 5.74) is 0. The summed E-state index contributed by atoms with van der Waals surface area (Å²) in [7, 11) is -2.70. The van der Waals surface area contributed by atoms with Crippen LogP contribution in [0.15, 0.2) is 16.3 Å². The number of hydrogen-bond donors (Lipinski definition) is 2. The maximum atomic E-state index is 12.1. The molecule has 0 aromatic carbocycles. The van der Waals surface area contributed by atoms with Crippen LogP contribution in [-0.4, -0.2) is 39.1 Å². The smallest absolute Gasteiger partial charge is 0.349 e. The van der Waals surface area contributed by atoms with Crippen LogP contribution in [-0.2, 0) is 19.6 Å². The number of methoxy groups -OCH3 is 1. The zero-order valence-electron chi connectivity index (χ0n) is 11.0. The maximum absolute atomic E-state index is 12.1. The number of thiophene rings is 1. The van der Waals surface area contributed by atoms with Crippen LogP contribution in [0.3, 0.4) is 0 Å².